The van der Waals surface area contributed by atoms with Gasteiger partial charge in [0, 0.05) is 37.4 Å². The van der Waals surface area contributed by atoms with Crippen LogP contribution in [-0.2, 0) is 13.1 Å². The molecule has 29 heavy (non-hydrogen) atoms. The van der Waals surface area contributed by atoms with Gasteiger partial charge in [-0.15, -0.1) is 5.10 Å². The number of rotatable bonds is 7. The van der Waals surface area contributed by atoms with Gasteiger partial charge in [0.25, 0.3) is 0 Å². The highest BCUT2D eigenvalue weighted by Gasteiger charge is 2.27. The van der Waals surface area contributed by atoms with Crippen molar-refractivity contribution in [1.82, 2.24) is 24.9 Å². The Morgan fingerprint density at radius 3 is 2.76 bits per heavy atom. The van der Waals surface area contributed by atoms with E-state index in [0.29, 0.717) is 12.6 Å². The average Bonchev–Trinajstić information content (AvgIpc) is 3.29. The van der Waals surface area contributed by atoms with E-state index in [2.05, 4.69) is 44.3 Å². The van der Waals surface area contributed by atoms with E-state index in [9.17, 15) is 0 Å². The molecule has 1 atom stereocenters. The Hall–Kier alpha value is -2.44. The molecule has 3 heterocycles. The Labute approximate surface area is 177 Å². The fraction of sp³-hybridized carbons (Fsp3) is 0.409. The van der Waals surface area contributed by atoms with Gasteiger partial charge in [-0.1, -0.05) is 41.9 Å². The largest absolute Gasteiger partial charge is 0.351 e. The summed E-state index contributed by atoms with van der Waals surface area (Å²) in [5.74, 6) is 0.966. The first-order chi connectivity index (χ1) is 14.1. The zero-order valence-corrected chi connectivity index (χ0v) is 17.8. The van der Waals surface area contributed by atoms with Gasteiger partial charge < -0.3 is 4.90 Å². The van der Waals surface area contributed by atoms with E-state index >= 15 is 0 Å². The zero-order valence-electron chi connectivity index (χ0n) is 17.0. The van der Waals surface area contributed by atoms with Gasteiger partial charge in [-0.3, -0.25) is 4.90 Å². The number of halogens is 1. The van der Waals surface area contributed by atoms with Crippen molar-refractivity contribution in [1.29, 1.82) is 0 Å². The molecule has 4 rings (SSSR count). The molecule has 6 nitrogen and oxygen atoms in total. The molecule has 2 aromatic heterocycles. The van der Waals surface area contributed by atoms with Gasteiger partial charge in [0.15, 0.2) is 5.82 Å². The number of anilines is 1. The van der Waals surface area contributed by atoms with Crippen molar-refractivity contribution in [2.75, 3.05) is 25.0 Å². The van der Waals surface area contributed by atoms with Crippen LogP contribution in [0.4, 0.5) is 5.82 Å². The van der Waals surface area contributed by atoms with E-state index in [1.54, 1.807) is 6.20 Å². The molecule has 0 N–H and O–H groups in total. The second-order valence-electron chi connectivity index (χ2n) is 7.77. The summed E-state index contributed by atoms with van der Waals surface area (Å²) in [4.78, 5) is 4.71. The topological polar surface area (TPSA) is 50.1 Å². The Bertz CT molecular complexity index is 927. The zero-order chi connectivity index (χ0) is 20.2. The summed E-state index contributed by atoms with van der Waals surface area (Å²) in [6.07, 6.45) is 4.07. The second kappa shape index (κ2) is 8.93. The van der Waals surface area contributed by atoms with Crippen LogP contribution in [0.25, 0.3) is 0 Å². The normalized spacial score (nSPS) is 16.7. The van der Waals surface area contributed by atoms with E-state index in [4.69, 9.17) is 11.6 Å². The Morgan fingerprint density at radius 2 is 2.00 bits per heavy atom. The first-order valence-electron chi connectivity index (χ1n) is 10.1. The van der Waals surface area contributed by atoms with Crippen molar-refractivity contribution in [3.63, 3.8) is 0 Å². The second-order valence-corrected chi connectivity index (χ2v) is 8.12. The summed E-state index contributed by atoms with van der Waals surface area (Å²) in [6, 6.07) is 14.7. The molecule has 1 aromatic carbocycles. The van der Waals surface area contributed by atoms with Gasteiger partial charge in [-0.25, -0.2) is 4.68 Å². The van der Waals surface area contributed by atoms with E-state index < -0.39 is 0 Å². The van der Waals surface area contributed by atoms with Crippen LogP contribution < -0.4 is 4.90 Å². The number of aromatic nitrogens is 4. The molecule has 1 aliphatic rings. The quantitative estimate of drug-likeness (QED) is 0.593. The highest BCUT2D eigenvalue weighted by molar-refractivity contribution is 6.30. The average molecular weight is 411 g/mol. The van der Waals surface area contributed by atoms with Crippen molar-refractivity contribution in [3.05, 3.63) is 70.6 Å². The van der Waals surface area contributed by atoms with Crippen LogP contribution in [0.15, 0.2) is 48.7 Å². The Morgan fingerprint density at radius 1 is 1.17 bits per heavy atom. The molecular formula is C22H27ClN6. The molecule has 3 aromatic rings. The molecular weight excluding hydrogens is 384 g/mol. The number of likely N-dealkylation sites (N-methyl/N-ethyl adjacent to an activating group) is 1. The lowest BCUT2D eigenvalue weighted by atomic mass is 10.2. The highest BCUT2D eigenvalue weighted by Crippen LogP contribution is 2.26. The highest BCUT2D eigenvalue weighted by atomic mass is 35.5. The van der Waals surface area contributed by atoms with Crippen molar-refractivity contribution in [3.8, 4) is 0 Å². The molecule has 7 heteroatoms. The number of benzene rings is 1. The predicted molar refractivity (Wildman–Crippen MR) is 116 cm³/mol. The van der Waals surface area contributed by atoms with Gasteiger partial charge in [0.1, 0.15) is 5.15 Å². The van der Waals surface area contributed by atoms with Crippen LogP contribution in [0.3, 0.4) is 0 Å². The smallest absolute Gasteiger partial charge is 0.151 e. The minimum absolute atomic E-state index is 0.440. The summed E-state index contributed by atoms with van der Waals surface area (Å²) < 4.78 is 1.90. The summed E-state index contributed by atoms with van der Waals surface area (Å²) in [7, 11) is 2.15. The van der Waals surface area contributed by atoms with Crippen LogP contribution >= 0.6 is 11.6 Å². The predicted octanol–water partition coefficient (Wildman–Crippen LogP) is 3.78. The summed E-state index contributed by atoms with van der Waals surface area (Å²) in [5.41, 5.74) is 3.30. The van der Waals surface area contributed by atoms with Crippen molar-refractivity contribution in [2.45, 2.75) is 38.9 Å². The number of aryl methyl sites for hydroxylation is 1. The molecule has 1 fully saturated rings. The summed E-state index contributed by atoms with van der Waals surface area (Å²) in [6.45, 7) is 5.50. The van der Waals surface area contributed by atoms with Gasteiger partial charge >= 0.3 is 0 Å². The Balaban J connectivity index is 1.42. The van der Waals surface area contributed by atoms with E-state index in [-0.39, 0.29) is 0 Å². The number of hydrogen-bond acceptors (Lipinski definition) is 5. The summed E-state index contributed by atoms with van der Waals surface area (Å²) in [5, 5.41) is 13.7. The van der Waals surface area contributed by atoms with Crippen LogP contribution in [0.1, 0.15) is 29.7 Å². The van der Waals surface area contributed by atoms with Crippen LogP contribution in [0.2, 0.25) is 5.15 Å². The lowest BCUT2D eigenvalue weighted by molar-refractivity contribution is 0.302. The van der Waals surface area contributed by atoms with Gasteiger partial charge in [0.05, 0.1) is 12.2 Å². The fourth-order valence-electron chi connectivity index (χ4n) is 4.10. The third-order valence-electron chi connectivity index (χ3n) is 5.54. The molecule has 1 unspecified atom stereocenters. The molecule has 0 spiro atoms. The molecule has 0 bridgehead atoms. The lowest BCUT2D eigenvalue weighted by Crippen LogP contribution is -2.39. The number of nitrogens with zero attached hydrogens (tertiary/aromatic N) is 6. The van der Waals surface area contributed by atoms with Crippen molar-refractivity contribution >= 4 is 17.4 Å². The molecule has 0 saturated carbocycles. The van der Waals surface area contributed by atoms with Crippen molar-refractivity contribution < 1.29 is 0 Å². The van der Waals surface area contributed by atoms with Crippen LogP contribution in [-0.4, -0.2) is 51.1 Å². The van der Waals surface area contributed by atoms with Gasteiger partial charge in [0.2, 0.25) is 0 Å². The minimum Gasteiger partial charge on any atom is -0.351 e. The monoisotopic (exact) mass is 410 g/mol. The van der Waals surface area contributed by atoms with Crippen LogP contribution in [0, 0.1) is 6.92 Å². The SMILES string of the molecule is Cc1nn(Cc2ccccc2)c(Cl)c1CN(C)CC1CCCN1c1cccnn1. The molecule has 152 valence electrons. The van der Waals surface area contributed by atoms with E-state index in [0.717, 1.165) is 41.9 Å². The third-order valence-corrected chi connectivity index (χ3v) is 5.96. The fourth-order valence-corrected chi connectivity index (χ4v) is 4.39. The molecule has 0 aliphatic carbocycles. The first kappa shape index (κ1) is 19.9. The van der Waals surface area contributed by atoms with Crippen molar-refractivity contribution in [2.24, 2.45) is 0 Å². The molecule has 1 aliphatic heterocycles. The molecule has 1 saturated heterocycles. The third kappa shape index (κ3) is 4.60. The van der Waals surface area contributed by atoms with E-state index in [1.165, 1.54) is 18.4 Å². The minimum atomic E-state index is 0.440. The lowest BCUT2D eigenvalue weighted by Gasteiger charge is -2.29. The van der Waals surface area contributed by atoms with Crippen LogP contribution in [0.5, 0.6) is 0 Å². The maximum absolute atomic E-state index is 6.71. The standard InChI is InChI=1S/C22H27ClN6/c1-17-20(22(23)29(26-17)14-18-8-4-3-5-9-18)16-27(2)15-19-10-7-13-28(19)21-11-6-12-24-25-21/h3-6,8-9,11-12,19H,7,10,13-16H2,1-2H3. The maximum Gasteiger partial charge on any atom is 0.151 e. The van der Waals surface area contributed by atoms with Gasteiger partial charge in [-0.2, -0.15) is 10.2 Å². The molecule has 0 radical (unpaired) electrons. The molecule has 0 amide bonds. The first-order valence-corrected chi connectivity index (χ1v) is 10.5. The summed E-state index contributed by atoms with van der Waals surface area (Å²) >= 11 is 6.71. The van der Waals surface area contributed by atoms with Gasteiger partial charge in [-0.05, 0) is 44.5 Å². The maximum atomic E-state index is 6.71. The Kier molecular flexibility index (Phi) is 6.11. The van der Waals surface area contributed by atoms with E-state index in [1.807, 2.05) is 41.9 Å². The number of hydrogen-bond donors (Lipinski definition) is 0.